The Morgan fingerprint density at radius 2 is 1.45 bits per heavy atom. The fourth-order valence-corrected chi connectivity index (χ4v) is 1.82. The van der Waals surface area contributed by atoms with Crippen LogP contribution in [-0.2, 0) is 18.2 Å². The van der Waals surface area contributed by atoms with Gasteiger partial charge >= 0.3 is 16.4 Å². The van der Waals surface area contributed by atoms with Crippen molar-refractivity contribution in [3.8, 4) is 0 Å². The molecule has 0 radical (unpaired) electrons. The average Bonchev–Trinajstić information content (AvgIpc) is 1.87. The van der Waals surface area contributed by atoms with Gasteiger partial charge in [0, 0.05) is 0 Å². The maximum atomic E-state index is 10.7. The molecule has 11 heavy (non-hydrogen) atoms. The van der Waals surface area contributed by atoms with Crippen molar-refractivity contribution >= 4 is 16.4 Å². The van der Waals surface area contributed by atoms with E-state index < -0.39 is 16.4 Å². The third-order valence-electron chi connectivity index (χ3n) is 0.656. The summed E-state index contributed by atoms with van der Waals surface area (Å²) < 4.78 is 30.5. The van der Waals surface area contributed by atoms with E-state index >= 15 is 0 Å². The molecule has 0 aromatic carbocycles. The van der Waals surface area contributed by atoms with Gasteiger partial charge in [0.25, 0.3) is 0 Å². The molecular weight excluding hydrogens is 188 g/mol. The highest BCUT2D eigenvalue weighted by molar-refractivity contribution is 7.53. The van der Waals surface area contributed by atoms with Crippen molar-refractivity contribution in [3.63, 3.8) is 0 Å². The summed E-state index contributed by atoms with van der Waals surface area (Å²) in [6.45, 7) is 4.03. The summed E-state index contributed by atoms with van der Waals surface area (Å²) in [6.07, 6.45) is 0. The summed E-state index contributed by atoms with van der Waals surface area (Å²) in [5, 5.41) is 0. The van der Waals surface area contributed by atoms with Crippen LogP contribution < -0.4 is 4.86 Å². The van der Waals surface area contributed by atoms with Crippen LogP contribution in [0.5, 0.6) is 0 Å². The van der Waals surface area contributed by atoms with Gasteiger partial charge in [0.1, 0.15) is 13.2 Å². The molecule has 0 aliphatic carbocycles. The minimum absolute atomic E-state index is 0.317. The first-order valence-electron chi connectivity index (χ1n) is 3.17. The first kappa shape index (κ1) is 11.1. The maximum absolute atomic E-state index is 10.7. The van der Waals surface area contributed by atoms with E-state index in [4.69, 9.17) is 0 Å². The number of hydrogen-bond donors (Lipinski definition) is 1. The Balaban J connectivity index is 3.49. The highest BCUT2D eigenvalue weighted by Gasteiger charge is 2.33. The van der Waals surface area contributed by atoms with Gasteiger partial charge in [-0.3, -0.25) is 0 Å². The van der Waals surface area contributed by atoms with Crippen LogP contribution in [-0.4, -0.2) is 13.2 Å². The van der Waals surface area contributed by atoms with Crippen LogP contribution >= 0.6 is 16.4 Å². The first-order valence-corrected chi connectivity index (χ1v) is 5.52. The van der Waals surface area contributed by atoms with Gasteiger partial charge in [-0.1, -0.05) is 0 Å². The van der Waals surface area contributed by atoms with E-state index in [0.29, 0.717) is 13.2 Å². The fourth-order valence-electron chi connectivity index (χ4n) is 0.359. The molecule has 0 saturated carbocycles. The van der Waals surface area contributed by atoms with Gasteiger partial charge in [-0.2, -0.15) is 0 Å². The molecule has 64 valence electrons. The topological polar surface area (TPSA) is 64.6 Å². The first-order chi connectivity index (χ1) is 5.20. The minimum atomic E-state index is -2.04. The van der Waals surface area contributed by atoms with E-state index in [1.807, 2.05) is 0 Å². The Labute approximate surface area is 67.3 Å². The molecule has 0 bridgehead atoms. The van der Waals surface area contributed by atoms with Crippen molar-refractivity contribution in [1.29, 1.82) is 0 Å². The Bertz CT molecular complexity index is 135. The predicted molar refractivity (Wildman–Crippen MR) is 41.6 cm³/mol. The molecule has 0 spiro atoms. The van der Waals surface area contributed by atoms with Gasteiger partial charge in [-0.15, -0.1) is 9.05 Å². The average molecular weight is 199 g/mol. The third kappa shape index (κ3) is 6.48. The highest BCUT2D eigenvalue weighted by Crippen LogP contribution is 2.28. The monoisotopic (exact) mass is 199 g/mol. The van der Waals surface area contributed by atoms with Crippen molar-refractivity contribution < 1.29 is 18.2 Å². The molecule has 0 fully saturated rings. The molecule has 1 N–H and O–H groups in total. The van der Waals surface area contributed by atoms with E-state index in [-0.39, 0.29) is 0 Å². The van der Waals surface area contributed by atoms with Gasteiger partial charge in [-0.05, 0) is 23.0 Å². The Kier molecular flexibility index (Phi) is 6.82. The third-order valence-corrected chi connectivity index (χ3v) is 2.95. The van der Waals surface area contributed by atoms with Gasteiger partial charge in [-0.25, -0.2) is 0 Å². The van der Waals surface area contributed by atoms with Gasteiger partial charge in [0.05, 0.1) is 0 Å². The van der Waals surface area contributed by atoms with Crippen molar-refractivity contribution in [2.45, 2.75) is 13.8 Å². The molecule has 0 aliphatic rings. The van der Waals surface area contributed by atoms with Gasteiger partial charge in [0.15, 0.2) is 4.86 Å². The lowest BCUT2D eigenvalue weighted by Gasteiger charge is -1.78. The lowest BCUT2D eigenvalue weighted by molar-refractivity contribution is 0.333. The minimum Gasteiger partial charge on any atom is -0.127 e. The second kappa shape index (κ2) is 6.77. The number of hydrogen-bond acceptors (Lipinski definition) is 4. The van der Waals surface area contributed by atoms with Crippen LogP contribution in [0, 0.1) is 0 Å². The largest absolute Gasteiger partial charge is 0.659 e. The van der Waals surface area contributed by atoms with Crippen LogP contribution in [0.1, 0.15) is 13.8 Å². The molecule has 0 amide bonds. The Morgan fingerprint density at radius 1 is 1.09 bits per heavy atom. The summed E-state index contributed by atoms with van der Waals surface area (Å²) in [4.78, 5) is 2.16. The van der Waals surface area contributed by atoms with Gasteiger partial charge in [0.2, 0.25) is 0 Å². The van der Waals surface area contributed by atoms with Crippen molar-refractivity contribution in [1.82, 2.24) is 4.86 Å². The van der Waals surface area contributed by atoms with Crippen molar-refractivity contribution in [2.24, 2.45) is 0 Å². The smallest absolute Gasteiger partial charge is 0.127 e. The summed E-state index contributed by atoms with van der Waals surface area (Å²) >= 11 is 0. The summed E-state index contributed by atoms with van der Waals surface area (Å²) in [7, 11) is -4.08. The quantitative estimate of drug-likeness (QED) is 0.662. The van der Waals surface area contributed by atoms with Gasteiger partial charge < -0.3 is 0 Å². The molecule has 0 heterocycles. The molecule has 0 saturated heterocycles. The Morgan fingerprint density at radius 3 is 1.73 bits per heavy atom. The fraction of sp³-hybridized carbons (Fsp3) is 1.00. The van der Waals surface area contributed by atoms with Crippen LogP contribution in [0.15, 0.2) is 0 Å². The molecular formula is C4H11NO4P2+2. The summed E-state index contributed by atoms with van der Waals surface area (Å²) in [5.41, 5.74) is 0. The summed E-state index contributed by atoms with van der Waals surface area (Å²) in [6, 6.07) is 0. The van der Waals surface area contributed by atoms with Crippen LogP contribution in [0.2, 0.25) is 0 Å². The molecule has 7 heteroatoms. The molecule has 0 aliphatic heterocycles. The zero-order chi connectivity index (χ0) is 8.69. The van der Waals surface area contributed by atoms with Crippen LogP contribution in [0.25, 0.3) is 0 Å². The van der Waals surface area contributed by atoms with E-state index in [2.05, 4.69) is 13.9 Å². The molecule has 2 unspecified atom stereocenters. The van der Waals surface area contributed by atoms with E-state index in [1.54, 1.807) is 13.8 Å². The lowest BCUT2D eigenvalue weighted by atomic mass is 10.9. The standard InChI is InChI=1S/C4H11NO4P2/c1-3-8-10(6)5-11(7)9-4-2/h3-4H2,1-2H3,(H,5,6,7)/q+2. The number of rotatable bonds is 6. The van der Waals surface area contributed by atoms with E-state index in [0.717, 1.165) is 0 Å². The zero-order valence-corrected chi connectivity index (χ0v) is 8.23. The second-order valence-corrected chi connectivity index (χ2v) is 3.79. The van der Waals surface area contributed by atoms with Crippen molar-refractivity contribution in [3.05, 3.63) is 0 Å². The predicted octanol–water partition coefficient (Wildman–Crippen LogP) is 1.96. The normalized spacial score (nSPS) is 12.9. The zero-order valence-electron chi connectivity index (χ0n) is 6.44. The molecule has 5 nitrogen and oxygen atoms in total. The Hall–Kier alpha value is 0.0800. The highest BCUT2D eigenvalue weighted by atomic mass is 31.2. The van der Waals surface area contributed by atoms with Crippen LogP contribution in [0.4, 0.5) is 0 Å². The second-order valence-electron chi connectivity index (χ2n) is 1.45. The maximum Gasteiger partial charge on any atom is 0.659 e. The lowest BCUT2D eigenvalue weighted by Crippen LogP contribution is -1.95. The van der Waals surface area contributed by atoms with E-state index in [1.165, 1.54) is 0 Å². The molecule has 0 rings (SSSR count). The molecule has 0 aromatic heterocycles. The molecule has 2 atom stereocenters. The van der Waals surface area contributed by atoms with E-state index in [9.17, 15) is 9.13 Å². The molecule has 0 aromatic rings. The van der Waals surface area contributed by atoms with Crippen LogP contribution in [0.3, 0.4) is 0 Å². The SMILES string of the molecule is CCO[P+](=O)N[P+](=O)OCC. The summed E-state index contributed by atoms with van der Waals surface area (Å²) in [5.74, 6) is 0. The van der Waals surface area contributed by atoms with Crippen molar-refractivity contribution in [2.75, 3.05) is 13.2 Å². The number of nitrogens with one attached hydrogen (secondary N) is 1.